The summed E-state index contributed by atoms with van der Waals surface area (Å²) in [6.07, 6.45) is 0. The first-order valence-corrected chi connectivity index (χ1v) is 5.91. The van der Waals surface area contributed by atoms with Crippen molar-refractivity contribution in [2.45, 2.75) is 6.61 Å². The van der Waals surface area contributed by atoms with Gasteiger partial charge in [-0.25, -0.2) is 13.6 Å². The lowest BCUT2D eigenvalue weighted by Gasteiger charge is -2.07. The quantitative estimate of drug-likeness (QED) is 0.696. The molecule has 0 aromatic heterocycles. The number of ether oxygens (including phenoxy) is 1. The average Bonchev–Trinajstić information content (AvgIpc) is 2.44. The highest BCUT2D eigenvalue weighted by molar-refractivity contribution is 5.94. The molecule has 2 aromatic rings. The summed E-state index contributed by atoms with van der Waals surface area (Å²) in [6, 6.07) is 8.74. The highest BCUT2D eigenvalue weighted by atomic mass is 19.1. The van der Waals surface area contributed by atoms with E-state index in [9.17, 15) is 13.6 Å². The molecule has 6 heteroatoms. The first-order valence-electron chi connectivity index (χ1n) is 5.91. The second-order valence-electron chi connectivity index (χ2n) is 4.27. The first-order chi connectivity index (χ1) is 9.99. The van der Waals surface area contributed by atoms with Gasteiger partial charge >= 0.3 is 5.97 Å². The average molecular weight is 288 g/mol. The SMILES string of the molecule is N#Cc1cc(F)cc(COC(=O)c2ccc(F)cc2N)c1. The van der Waals surface area contributed by atoms with E-state index in [1.54, 1.807) is 6.07 Å². The number of nitriles is 1. The number of halogens is 2. The molecule has 2 N–H and O–H groups in total. The summed E-state index contributed by atoms with van der Waals surface area (Å²) >= 11 is 0. The van der Waals surface area contributed by atoms with Gasteiger partial charge in [0.1, 0.15) is 18.2 Å². The zero-order valence-corrected chi connectivity index (χ0v) is 10.8. The molecule has 0 aliphatic heterocycles. The van der Waals surface area contributed by atoms with Crippen LogP contribution in [0.5, 0.6) is 0 Å². The number of benzene rings is 2. The Hall–Kier alpha value is -2.94. The van der Waals surface area contributed by atoms with Gasteiger partial charge < -0.3 is 10.5 Å². The second kappa shape index (κ2) is 6.01. The van der Waals surface area contributed by atoms with Crippen LogP contribution in [0, 0.1) is 23.0 Å². The molecule has 0 saturated carbocycles. The van der Waals surface area contributed by atoms with Crippen molar-refractivity contribution in [2.75, 3.05) is 5.73 Å². The number of hydrogen-bond donors (Lipinski definition) is 1. The molecule has 0 radical (unpaired) electrons. The number of carbonyl (C=O) groups is 1. The molecule has 4 nitrogen and oxygen atoms in total. The van der Waals surface area contributed by atoms with Crippen LogP contribution >= 0.6 is 0 Å². The summed E-state index contributed by atoms with van der Waals surface area (Å²) in [4.78, 5) is 11.8. The highest BCUT2D eigenvalue weighted by Gasteiger charge is 2.12. The summed E-state index contributed by atoms with van der Waals surface area (Å²) < 4.78 is 31.1. The van der Waals surface area contributed by atoms with E-state index < -0.39 is 17.6 Å². The smallest absolute Gasteiger partial charge is 0.340 e. The third-order valence-corrected chi connectivity index (χ3v) is 2.69. The predicted octanol–water partition coefficient (Wildman–Crippen LogP) is 2.78. The lowest BCUT2D eigenvalue weighted by Crippen LogP contribution is -2.08. The Kier molecular flexibility index (Phi) is 4.14. The molecule has 106 valence electrons. The number of rotatable bonds is 3. The van der Waals surface area contributed by atoms with Crippen molar-refractivity contribution in [3.05, 3.63) is 64.7 Å². The summed E-state index contributed by atoms with van der Waals surface area (Å²) in [6.45, 7) is -0.220. The van der Waals surface area contributed by atoms with Crippen LogP contribution in [0.1, 0.15) is 21.5 Å². The number of carbonyl (C=O) groups excluding carboxylic acids is 1. The summed E-state index contributed by atoms with van der Waals surface area (Å²) in [7, 11) is 0. The Morgan fingerprint density at radius 3 is 2.62 bits per heavy atom. The molecule has 21 heavy (non-hydrogen) atoms. The molecular formula is C15H10F2N2O2. The van der Waals surface area contributed by atoms with Crippen molar-refractivity contribution in [2.24, 2.45) is 0 Å². The van der Waals surface area contributed by atoms with Gasteiger partial charge in [-0.05, 0) is 42.0 Å². The van der Waals surface area contributed by atoms with Gasteiger partial charge in [-0.2, -0.15) is 5.26 Å². The van der Waals surface area contributed by atoms with Crippen molar-refractivity contribution in [1.82, 2.24) is 0 Å². The normalized spacial score (nSPS) is 9.95. The van der Waals surface area contributed by atoms with Gasteiger partial charge in [0.15, 0.2) is 0 Å². The van der Waals surface area contributed by atoms with E-state index in [2.05, 4.69) is 0 Å². The number of nitrogens with two attached hydrogens (primary N) is 1. The fraction of sp³-hybridized carbons (Fsp3) is 0.0667. The van der Waals surface area contributed by atoms with Crippen LogP contribution in [0.25, 0.3) is 0 Å². The van der Waals surface area contributed by atoms with Crippen LogP contribution in [-0.2, 0) is 11.3 Å². The molecule has 2 rings (SSSR count). The van der Waals surface area contributed by atoms with Crippen LogP contribution in [0.4, 0.5) is 14.5 Å². The standard InChI is InChI=1S/C15H10F2N2O2/c16-11-1-2-13(14(19)6-11)15(20)21-8-10-3-9(7-18)4-12(17)5-10/h1-6H,8,19H2. The zero-order chi connectivity index (χ0) is 15.4. The number of anilines is 1. The van der Waals surface area contributed by atoms with Crippen molar-refractivity contribution >= 4 is 11.7 Å². The van der Waals surface area contributed by atoms with Crippen molar-refractivity contribution < 1.29 is 18.3 Å². The van der Waals surface area contributed by atoms with E-state index in [1.165, 1.54) is 12.1 Å². The fourth-order valence-corrected chi connectivity index (χ4v) is 1.74. The largest absolute Gasteiger partial charge is 0.457 e. The van der Waals surface area contributed by atoms with Crippen LogP contribution in [0.2, 0.25) is 0 Å². The van der Waals surface area contributed by atoms with E-state index in [0.717, 1.165) is 24.3 Å². The van der Waals surface area contributed by atoms with Crippen molar-refractivity contribution in [3.63, 3.8) is 0 Å². The van der Waals surface area contributed by atoms with E-state index in [-0.39, 0.29) is 23.4 Å². The minimum Gasteiger partial charge on any atom is -0.457 e. The summed E-state index contributed by atoms with van der Waals surface area (Å²) in [5.74, 6) is -1.91. The van der Waals surface area contributed by atoms with Gasteiger partial charge in [-0.3, -0.25) is 0 Å². The minimum absolute atomic E-state index is 0.0216. The fourth-order valence-electron chi connectivity index (χ4n) is 1.74. The van der Waals surface area contributed by atoms with Gasteiger partial charge in [0, 0.05) is 5.69 Å². The Morgan fingerprint density at radius 1 is 1.19 bits per heavy atom. The van der Waals surface area contributed by atoms with E-state index in [4.69, 9.17) is 15.7 Å². The van der Waals surface area contributed by atoms with E-state index >= 15 is 0 Å². The second-order valence-corrected chi connectivity index (χ2v) is 4.27. The van der Waals surface area contributed by atoms with Gasteiger partial charge in [0.05, 0.1) is 17.2 Å². The lowest BCUT2D eigenvalue weighted by atomic mass is 10.1. The number of nitrogens with zero attached hydrogens (tertiary/aromatic N) is 1. The number of nitrogen functional groups attached to an aromatic ring is 1. The zero-order valence-electron chi connectivity index (χ0n) is 10.8. The predicted molar refractivity (Wildman–Crippen MR) is 71.0 cm³/mol. The maximum Gasteiger partial charge on any atom is 0.340 e. The molecule has 0 bridgehead atoms. The summed E-state index contributed by atoms with van der Waals surface area (Å²) in [5.41, 5.74) is 5.96. The van der Waals surface area contributed by atoms with E-state index in [1.807, 2.05) is 0 Å². The maximum absolute atomic E-state index is 13.2. The Bertz CT molecular complexity index is 739. The van der Waals surface area contributed by atoms with Crippen molar-refractivity contribution in [1.29, 1.82) is 5.26 Å². The third-order valence-electron chi connectivity index (χ3n) is 2.69. The molecule has 0 unspecified atom stereocenters. The van der Waals surface area contributed by atoms with Crippen LogP contribution in [-0.4, -0.2) is 5.97 Å². The maximum atomic E-state index is 13.2. The van der Waals surface area contributed by atoms with Gasteiger partial charge in [0.2, 0.25) is 0 Å². The molecule has 0 spiro atoms. The summed E-state index contributed by atoms with van der Waals surface area (Å²) in [5, 5.41) is 8.73. The van der Waals surface area contributed by atoms with Gasteiger partial charge in [-0.15, -0.1) is 0 Å². The van der Waals surface area contributed by atoms with Crippen LogP contribution in [0.15, 0.2) is 36.4 Å². The molecule has 0 amide bonds. The Balaban J connectivity index is 2.11. The monoisotopic (exact) mass is 288 g/mol. The van der Waals surface area contributed by atoms with Gasteiger partial charge in [0.25, 0.3) is 0 Å². The highest BCUT2D eigenvalue weighted by Crippen LogP contribution is 2.16. The molecule has 2 aromatic carbocycles. The molecule has 0 aliphatic carbocycles. The van der Waals surface area contributed by atoms with Gasteiger partial charge in [-0.1, -0.05) is 0 Å². The third kappa shape index (κ3) is 3.54. The molecule has 0 heterocycles. The Morgan fingerprint density at radius 2 is 1.95 bits per heavy atom. The molecular weight excluding hydrogens is 278 g/mol. The van der Waals surface area contributed by atoms with Crippen LogP contribution in [0.3, 0.4) is 0 Å². The lowest BCUT2D eigenvalue weighted by molar-refractivity contribution is 0.0473. The van der Waals surface area contributed by atoms with E-state index in [0.29, 0.717) is 5.56 Å². The number of hydrogen-bond acceptors (Lipinski definition) is 4. The first kappa shape index (κ1) is 14.5. The molecule has 0 atom stereocenters. The van der Waals surface area contributed by atoms with Crippen molar-refractivity contribution in [3.8, 4) is 6.07 Å². The molecule has 0 saturated heterocycles. The molecule has 0 aliphatic rings. The Labute approximate surface area is 119 Å². The van der Waals surface area contributed by atoms with Crippen LogP contribution < -0.4 is 5.73 Å². The minimum atomic E-state index is -0.754. The topological polar surface area (TPSA) is 76.1 Å². The molecule has 0 fully saturated rings. The number of esters is 1.